The van der Waals surface area contributed by atoms with Gasteiger partial charge in [0.25, 0.3) is 0 Å². The van der Waals surface area contributed by atoms with Crippen molar-refractivity contribution in [3.05, 3.63) is 53.1 Å². The molecule has 2 aromatic rings. The number of nitriles is 1. The normalized spacial score (nSPS) is 9.83. The third-order valence-electron chi connectivity index (χ3n) is 2.88. The van der Waals surface area contributed by atoms with E-state index in [1.54, 1.807) is 6.07 Å². The first kappa shape index (κ1) is 12.0. The van der Waals surface area contributed by atoms with E-state index >= 15 is 0 Å². The summed E-state index contributed by atoms with van der Waals surface area (Å²) in [7, 11) is 0. The zero-order valence-electron chi connectivity index (χ0n) is 10.5. The number of nitrogens with one attached hydrogen (secondary N) is 1. The maximum atomic E-state index is 8.94. The minimum atomic E-state index is 0.486. The monoisotopic (exact) mass is 237 g/mol. The molecule has 0 aromatic heterocycles. The summed E-state index contributed by atoms with van der Waals surface area (Å²) in [6.07, 6.45) is 0. The highest BCUT2D eigenvalue weighted by molar-refractivity contribution is 5.78. The van der Waals surface area contributed by atoms with Crippen LogP contribution >= 0.6 is 0 Å². The van der Waals surface area contributed by atoms with Crippen LogP contribution in [0.2, 0.25) is 0 Å². The van der Waals surface area contributed by atoms with Gasteiger partial charge in [0.15, 0.2) is 0 Å². The maximum Gasteiger partial charge on any atom is 0.101 e. The van der Waals surface area contributed by atoms with Gasteiger partial charge < -0.3 is 11.1 Å². The summed E-state index contributed by atoms with van der Waals surface area (Å²) in [5, 5.41) is 12.2. The molecule has 0 heterocycles. The molecule has 3 heteroatoms. The highest BCUT2D eigenvalue weighted by Gasteiger charge is 2.05. The molecule has 0 aliphatic carbocycles. The Morgan fingerprint density at radius 3 is 2.56 bits per heavy atom. The highest BCUT2D eigenvalue weighted by Crippen LogP contribution is 2.27. The minimum Gasteiger partial charge on any atom is -0.396 e. The molecule has 3 nitrogen and oxygen atoms in total. The number of rotatable bonds is 2. The van der Waals surface area contributed by atoms with Crippen LogP contribution in [0.5, 0.6) is 0 Å². The third kappa shape index (κ3) is 2.28. The summed E-state index contributed by atoms with van der Waals surface area (Å²) >= 11 is 0. The summed E-state index contributed by atoms with van der Waals surface area (Å²) < 4.78 is 0. The van der Waals surface area contributed by atoms with Crippen LogP contribution in [0.15, 0.2) is 36.4 Å². The Morgan fingerprint density at radius 1 is 1.11 bits per heavy atom. The van der Waals surface area contributed by atoms with E-state index in [1.807, 2.05) is 31.2 Å². The maximum absolute atomic E-state index is 8.94. The average molecular weight is 237 g/mol. The standard InChI is InChI=1S/C15H15N3/c1-10-6-7-13(11(2)8-10)18-14-5-3-4-12(9-16)15(14)17/h3-8,18H,17H2,1-2H3. The topological polar surface area (TPSA) is 61.8 Å². The number of hydrogen-bond acceptors (Lipinski definition) is 3. The Morgan fingerprint density at radius 2 is 1.89 bits per heavy atom. The van der Waals surface area contributed by atoms with Gasteiger partial charge in [-0.3, -0.25) is 0 Å². The Labute approximate surface area is 107 Å². The molecule has 0 saturated carbocycles. The van der Waals surface area contributed by atoms with Crippen LogP contribution < -0.4 is 11.1 Å². The number of nitrogen functional groups attached to an aromatic ring is 1. The lowest BCUT2D eigenvalue weighted by Crippen LogP contribution is -2.00. The molecule has 0 spiro atoms. The van der Waals surface area contributed by atoms with Crippen LogP contribution in [-0.4, -0.2) is 0 Å². The van der Waals surface area contributed by atoms with Crippen molar-refractivity contribution < 1.29 is 0 Å². The molecule has 2 aromatic carbocycles. The van der Waals surface area contributed by atoms with E-state index in [4.69, 9.17) is 11.0 Å². The van der Waals surface area contributed by atoms with Gasteiger partial charge >= 0.3 is 0 Å². The van der Waals surface area contributed by atoms with Gasteiger partial charge in [-0.2, -0.15) is 5.26 Å². The van der Waals surface area contributed by atoms with Crippen LogP contribution in [0.1, 0.15) is 16.7 Å². The molecule has 0 aliphatic rings. The van der Waals surface area contributed by atoms with Crippen molar-refractivity contribution in [2.45, 2.75) is 13.8 Å². The quantitative estimate of drug-likeness (QED) is 0.786. The molecule has 0 unspecified atom stereocenters. The van der Waals surface area contributed by atoms with E-state index in [9.17, 15) is 0 Å². The number of benzene rings is 2. The fraction of sp³-hybridized carbons (Fsp3) is 0.133. The van der Waals surface area contributed by atoms with E-state index in [0.29, 0.717) is 11.3 Å². The number of aryl methyl sites for hydroxylation is 2. The molecular formula is C15H15N3. The second kappa shape index (κ2) is 4.80. The number of para-hydroxylation sites is 1. The molecule has 0 amide bonds. The SMILES string of the molecule is Cc1ccc(Nc2cccc(C#N)c2N)c(C)c1. The van der Waals surface area contributed by atoms with Crippen molar-refractivity contribution in [3.8, 4) is 6.07 Å². The van der Waals surface area contributed by atoms with Crippen LogP contribution in [-0.2, 0) is 0 Å². The Hall–Kier alpha value is -2.47. The van der Waals surface area contributed by atoms with Gasteiger partial charge in [0.2, 0.25) is 0 Å². The van der Waals surface area contributed by atoms with Crippen molar-refractivity contribution in [2.75, 3.05) is 11.1 Å². The summed E-state index contributed by atoms with van der Waals surface area (Å²) in [6.45, 7) is 4.10. The van der Waals surface area contributed by atoms with Gasteiger partial charge in [0, 0.05) is 5.69 Å². The van der Waals surface area contributed by atoms with Crippen molar-refractivity contribution in [3.63, 3.8) is 0 Å². The lowest BCUT2D eigenvalue weighted by Gasteiger charge is -2.12. The zero-order chi connectivity index (χ0) is 13.1. The largest absolute Gasteiger partial charge is 0.396 e. The first-order valence-electron chi connectivity index (χ1n) is 5.74. The van der Waals surface area contributed by atoms with E-state index in [1.165, 1.54) is 5.56 Å². The first-order valence-corrected chi connectivity index (χ1v) is 5.74. The van der Waals surface area contributed by atoms with Gasteiger partial charge in [0.05, 0.1) is 16.9 Å². The second-order valence-electron chi connectivity index (χ2n) is 4.32. The summed E-state index contributed by atoms with van der Waals surface area (Å²) in [4.78, 5) is 0. The summed E-state index contributed by atoms with van der Waals surface area (Å²) in [6, 6.07) is 13.6. The zero-order valence-corrected chi connectivity index (χ0v) is 10.5. The van der Waals surface area contributed by atoms with E-state index in [-0.39, 0.29) is 0 Å². The van der Waals surface area contributed by atoms with Gasteiger partial charge in [-0.1, -0.05) is 23.8 Å². The third-order valence-corrected chi connectivity index (χ3v) is 2.88. The van der Waals surface area contributed by atoms with Gasteiger partial charge in [-0.15, -0.1) is 0 Å². The van der Waals surface area contributed by atoms with E-state index < -0.39 is 0 Å². The first-order chi connectivity index (χ1) is 8.61. The molecule has 90 valence electrons. The van der Waals surface area contributed by atoms with Crippen LogP contribution in [0.25, 0.3) is 0 Å². The molecule has 2 rings (SSSR count). The van der Waals surface area contributed by atoms with Crippen molar-refractivity contribution >= 4 is 17.1 Å². The molecule has 0 saturated heterocycles. The number of anilines is 3. The summed E-state index contributed by atoms with van der Waals surface area (Å²) in [5.74, 6) is 0. The molecule has 0 bridgehead atoms. The average Bonchev–Trinajstić information content (AvgIpc) is 2.35. The summed E-state index contributed by atoms with van der Waals surface area (Å²) in [5.41, 5.74) is 11.0. The second-order valence-corrected chi connectivity index (χ2v) is 4.32. The van der Waals surface area contributed by atoms with Crippen molar-refractivity contribution in [1.82, 2.24) is 0 Å². The molecule has 18 heavy (non-hydrogen) atoms. The number of nitrogens with zero attached hydrogens (tertiary/aromatic N) is 1. The fourth-order valence-corrected chi connectivity index (χ4v) is 1.87. The predicted octanol–water partition coefficient (Wildman–Crippen LogP) is 3.50. The molecular weight excluding hydrogens is 222 g/mol. The van der Waals surface area contributed by atoms with Gasteiger partial charge in [-0.25, -0.2) is 0 Å². The van der Waals surface area contributed by atoms with Crippen LogP contribution in [0, 0.1) is 25.2 Å². The van der Waals surface area contributed by atoms with Gasteiger partial charge in [-0.05, 0) is 37.6 Å². The molecule has 0 fully saturated rings. The Kier molecular flexibility index (Phi) is 3.20. The lowest BCUT2D eigenvalue weighted by atomic mass is 10.1. The molecule has 0 aliphatic heterocycles. The van der Waals surface area contributed by atoms with Crippen LogP contribution in [0.4, 0.5) is 17.1 Å². The van der Waals surface area contributed by atoms with Gasteiger partial charge in [0.1, 0.15) is 6.07 Å². The number of nitrogens with two attached hydrogens (primary N) is 1. The fourth-order valence-electron chi connectivity index (χ4n) is 1.87. The molecule has 0 atom stereocenters. The number of hydrogen-bond donors (Lipinski definition) is 2. The predicted molar refractivity (Wildman–Crippen MR) is 74.8 cm³/mol. The minimum absolute atomic E-state index is 0.486. The van der Waals surface area contributed by atoms with Crippen LogP contribution in [0.3, 0.4) is 0 Å². The van der Waals surface area contributed by atoms with Crippen molar-refractivity contribution in [2.24, 2.45) is 0 Å². The Bertz CT molecular complexity index is 624. The van der Waals surface area contributed by atoms with E-state index in [0.717, 1.165) is 16.9 Å². The lowest BCUT2D eigenvalue weighted by molar-refractivity contribution is 1.37. The van der Waals surface area contributed by atoms with Crippen molar-refractivity contribution in [1.29, 1.82) is 5.26 Å². The molecule has 0 radical (unpaired) electrons. The molecule has 3 N–H and O–H groups in total. The van der Waals surface area contributed by atoms with E-state index in [2.05, 4.69) is 24.4 Å². The smallest absolute Gasteiger partial charge is 0.101 e. The Balaban J connectivity index is 2.38. The highest BCUT2D eigenvalue weighted by atomic mass is 14.9.